The molecule has 98 valence electrons. The standard InChI is InChI=1S/C13H16O5/c1-16-12-6-5-11(18-9-13(15)17-2)8-10(12)4-3-7-14/h3-6,8,14H,7,9H2,1-2H3. The second-order valence-corrected chi connectivity index (χ2v) is 3.35. The van der Waals surface area contributed by atoms with Crippen molar-refractivity contribution >= 4 is 12.0 Å². The zero-order valence-electron chi connectivity index (χ0n) is 10.4. The Bertz CT molecular complexity index is 425. The molecule has 0 radical (unpaired) electrons. The Morgan fingerprint density at radius 3 is 2.78 bits per heavy atom. The third-order valence-corrected chi connectivity index (χ3v) is 2.19. The summed E-state index contributed by atoms with van der Waals surface area (Å²) in [5, 5.41) is 8.75. The number of esters is 1. The van der Waals surface area contributed by atoms with Crippen molar-refractivity contribution < 1.29 is 24.1 Å². The lowest BCUT2D eigenvalue weighted by Crippen LogP contribution is -2.12. The van der Waals surface area contributed by atoms with Crippen LogP contribution in [-0.4, -0.2) is 38.5 Å². The Morgan fingerprint density at radius 1 is 1.39 bits per heavy atom. The molecule has 0 aliphatic carbocycles. The van der Waals surface area contributed by atoms with Gasteiger partial charge in [0.2, 0.25) is 0 Å². The minimum atomic E-state index is -0.446. The lowest BCUT2D eigenvalue weighted by atomic mass is 10.1. The summed E-state index contributed by atoms with van der Waals surface area (Å²) >= 11 is 0. The molecule has 1 rings (SSSR count). The van der Waals surface area contributed by atoms with E-state index >= 15 is 0 Å². The summed E-state index contributed by atoms with van der Waals surface area (Å²) in [6.45, 7) is -0.206. The monoisotopic (exact) mass is 252 g/mol. The molecule has 0 aliphatic heterocycles. The summed E-state index contributed by atoms with van der Waals surface area (Å²) in [6.07, 6.45) is 3.30. The fourth-order valence-corrected chi connectivity index (χ4v) is 1.31. The molecule has 5 nitrogen and oxygen atoms in total. The number of methoxy groups -OCH3 is 2. The maximum Gasteiger partial charge on any atom is 0.343 e. The second-order valence-electron chi connectivity index (χ2n) is 3.35. The van der Waals surface area contributed by atoms with Crippen LogP contribution in [0.4, 0.5) is 0 Å². The molecule has 0 spiro atoms. The number of ether oxygens (including phenoxy) is 3. The Morgan fingerprint density at radius 2 is 2.17 bits per heavy atom. The first-order chi connectivity index (χ1) is 8.71. The summed E-state index contributed by atoms with van der Waals surface area (Å²) in [5.74, 6) is 0.738. The number of aliphatic hydroxyl groups is 1. The molecule has 0 saturated carbocycles. The summed E-state index contributed by atoms with van der Waals surface area (Å²) in [5.41, 5.74) is 0.758. The third-order valence-electron chi connectivity index (χ3n) is 2.19. The number of hydrogen-bond donors (Lipinski definition) is 1. The van der Waals surface area contributed by atoms with Gasteiger partial charge in [-0.15, -0.1) is 0 Å². The van der Waals surface area contributed by atoms with Gasteiger partial charge in [-0.05, 0) is 18.2 Å². The minimum absolute atomic E-state index is 0.0591. The molecular weight excluding hydrogens is 236 g/mol. The van der Waals surface area contributed by atoms with Gasteiger partial charge in [0, 0.05) is 5.56 Å². The first-order valence-corrected chi connectivity index (χ1v) is 5.36. The number of hydrogen-bond acceptors (Lipinski definition) is 5. The first-order valence-electron chi connectivity index (χ1n) is 5.36. The van der Waals surface area contributed by atoms with Gasteiger partial charge >= 0.3 is 5.97 Å². The van der Waals surface area contributed by atoms with Gasteiger partial charge in [-0.25, -0.2) is 4.79 Å². The maximum atomic E-state index is 10.9. The van der Waals surface area contributed by atoms with Gasteiger partial charge in [0.15, 0.2) is 6.61 Å². The highest BCUT2D eigenvalue weighted by atomic mass is 16.6. The van der Waals surface area contributed by atoms with Crippen molar-refractivity contribution in [1.82, 2.24) is 0 Å². The summed E-state index contributed by atoms with van der Waals surface area (Å²) in [7, 11) is 2.86. The molecule has 0 aliphatic rings. The highest BCUT2D eigenvalue weighted by molar-refractivity contribution is 5.71. The van der Waals surface area contributed by atoms with Crippen LogP contribution in [0.3, 0.4) is 0 Å². The zero-order chi connectivity index (χ0) is 13.4. The lowest BCUT2D eigenvalue weighted by Gasteiger charge is -2.09. The van der Waals surface area contributed by atoms with Crippen LogP contribution in [0, 0.1) is 0 Å². The van der Waals surface area contributed by atoms with Gasteiger partial charge in [0.05, 0.1) is 20.8 Å². The second kappa shape index (κ2) is 7.34. The van der Waals surface area contributed by atoms with Crippen LogP contribution in [0.15, 0.2) is 24.3 Å². The van der Waals surface area contributed by atoms with Crippen molar-refractivity contribution in [2.45, 2.75) is 0 Å². The van der Waals surface area contributed by atoms with Crippen molar-refractivity contribution in [2.75, 3.05) is 27.4 Å². The Hall–Kier alpha value is -2.01. The maximum absolute atomic E-state index is 10.9. The number of carbonyl (C=O) groups excluding carboxylic acids is 1. The molecule has 0 fully saturated rings. The molecule has 0 atom stereocenters. The van der Waals surface area contributed by atoms with Gasteiger partial charge in [-0.1, -0.05) is 12.2 Å². The predicted octanol–water partition coefficient (Wildman–Crippen LogP) is 1.25. The molecule has 0 heterocycles. The number of rotatable bonds is 6. The fraction of sp³-hybridized carbons (Fsp3) is 0.308. The average Bonchev–Trinajstić information content (AvgIpc) is 2.42. The van der Waals surface area contributed by atoms with Gasteiger partial charge in [0.1, 0.15) is 11.5 Å². The molecule has 0 unspecified atom stereocenters. The van der Waals surface area contributed by atoms with E-state index in [9.17, 15) is 4.79 Å². The number of aliphatic hydroxyl groups excluding tert-OH is 1. The topological polar surface area (TPSA) is 65.0 Å². The third kappa shape index (κ3) is 4.10. The van der Waals surface area contributed by atoms with E-state index in [1.165, 1.54) is 7.11 Å². The number of carbonyl (C=O) groups is 1. The first kappa shape index (κ1) is 14.1. The van der Waals surface area contributed by atoms with Crippen molar-refractivity contribution in [3.63, 3.8) is 0 Å². The van der Waals surface area contributed by atoms with Crippen molar-refractivity contribution in [3.8, 4) is 11.5 Å². The Kier molecular flexibility index (Phi) is 5.73. The lowest BCUT2D eigenvalue weighted by molar-refractivity contribution is -0.142. The highest BCUT2D eigenvalue weighted by Gasteiger charge is 2.05. The van der Waals surface area contributed by atoms with Crippen LogP contribution in [0.25, 0.3) is 6.08 Å². The molecule has 1 aromatic carbocycles. The molecule has 5 heteroatoms. The van der Waals surface area contributed by atoms with Crippen molar-refractivity contribution in [2.24, 2.45) is 0 Å². The van der Waals surface area contributed by atoms with E-state index in [4.69, 9.17) is 14.6 Å². The molecule has 1 aromatic rings. The fourth-order valence-electron chi connectivity index (χ4n) is 1.31. The normalized spacial score (nSPS) is 10.4. The summed E-state index contributed by atoms with van der Waals surface area (Å²) in [4.78, 5) is 10.9. The van der Waals surface area contributed by atoms with Gasteiger partial charge in [0.25, 0.3) is 0 Å². The van der Waals surface area contributed by atoms with Crippen LogP contribution in [0.5, 0.6) is 11.5 Å². The molecule has 18 heavy (non-hydrogen) atoms. The Balaban J connectivity index is 2.82. The van der Waals surface area contributed by atoms with Crippen LogP contribution in [-0.2, 0) is 9.53 Å². The molecule has 0 saturated heterocycles. The van der Waals surface area contributed by atoms with Gasteiger partial charge < -0.3 is 19.3 Å². The molecule has 0 aromatic heterocycles. The molecular formula is C13H16O5. The molecule has 0 amide bonds. The smallest absolute Gasteiger partial charge is 0.343 e. The SMILES string of the molecule is COC(=O)COc1ccc(OC)c(C=CCO)c1. The average molecular weight is 252 g/mol. The van der Waals surface area contributed by atoms with Crippen molar-refractivity contribution in [3.05, 3.63) is 29.8 Å². The predicted molar refractivity (Wildman–Crippen MR) is 66.6 cm³/mol. The van der Waals surface area contributed by atoms with Crippen molar-refractivity contribution in [1.29, 1.82) is 0 Å². The largest absolute Gasteiger partial charge is 0.496 e. The van der Waals surface area contributed by atoms with E-state index in [1.54, 1.807) is 37.5 Å². The van der Waals surface area contributed by atoms with E-state index in [1.807, 2.05) is 0 Å². The van der Waals surface area contributed by atoms with E-state index in [-0.39, 0.29) is 13.2 Å². The molecule has 1 N–H and O–H groups in total. The van der Waals surface area contributed by atoms with Crippen LogP contribution in [0.2, 0.25) is 0 Å². The van der Waals surface area contributed by atoms with Crippen LogP contribution >= 0.6 is 0 Å². The Labute approximate surface area is 106 Å². The highest BCUT2D eigenvalue weighted by Crippen LogP contribution is 2.25. The number of benzene rings is 1. The van der Waals surface area contributed by atoms with E-state index in [0.29, 0.717) is 11.5 Å². The van der Waals surface area contributed by atoms with E-state index < -0.39 is 5.97 Å². The van der Waals surface area contributed by atoms with E-state index in [2.05, 4.69) is 4.74 Å². The minimum Gasteiger partial charge on any atom is -0.496 e. The quantitative estimate of drug-likeness (QED) is 0.772. The van der Waals surface area contributed by atoms with Crippen LogP contribution < -0.4 is 9.47 Å². The van der Waals surface area contributed by atoms with Gasteiger partial charge in [-0.2, -0.15) is 0 Å². The van der Waals surface area contributed by atoms with Crippen LogP contribution in [0.1, 0.15) is 5.56 Å². The van der Waals surface area contributed by atoms with Gasteiger partial charge in [-0.3, -0.25) is 0 Å². The van der Waals surface area contributed by atoms with E-state index in [0.717, 1.165) is 5.56 Å². The summed E-state index contributed by atoms with van der Waals surface area (Å²) in [6, 6.07) is 5.13. The zero-order valence-corrected chi connectivity index (χ0v) is 10.4. The summed E-state index contributed by atoms with van der Waals surface area (Å²) < 4.78 is 14.9. The molecule has 0 bridgehead atoms.